The quantitative estimate of drug-likeness (QED) is 0.741. The molecule has 0 aliphatic carbocycles. The zero-order valence-electron chi connectivity index (χ0n) is 11.2. The molecule has 1 aromatic carbocycles. The lowest BCUT2D eigenvalue weighted by atomic mass is 10.0. The Morgan fingerprint density at radius 1 is 1.18 bits per heavy atom. The number of halogens is 1. The average molecular weight is 298 g/mol. The molecule has 1 N–H and O–H groups in total. The summed E-state index contributed by atoms with van der Waals surface area (Å²) in [5.74, 6) is 0. The van der Waals surface area contributed by atoms with Crippen molar-refractivity contribution >= 4 is 15.9 Å². The molecule has 1 rings (SSSR count). The van der Waals surface area contributed by atoms with Crippen molar-refractivity contribution in [3.63, 3.8) is 0 Å². The highest BCUT2D eigenvalue weighted by Gasteiger charge is 2.11. The van der Waals surface area contributed by atoms with Gasteiger partial charge in [0.2, 0.25) is 0 Å². The normalized spacial score (nSPS) is 13.0. The van der Waals surface area contributed by atoms with Crippen LogP contribution in [-0.2, 0) is 0 Å². The Balaban J connectivity index is 2.59. The van der Waals surface area contributed by atoms with Crippen LogP contribution in [0.4, 0.5) is 0 Å². The molecule has 2 heteroatoms. The number of rotatable bonds is 7. The summed E-state index contributed by atoms with van der Waals surface area (Å²) < 4.78 is 1.16. The zero-order valence-corrected chi connectivity index (χ0v) is 12.8. The van der Waals surface area contributed by atoms with Crippen LogP contribution in [0.3, 0.4) is 0 Å². The fraction of sp³-hybridized carbons (Fsp3) is 0.600. The predicted molar refractivity (Wildman–Crippen MR) is 79.3 cm³/mol. The Bertz CT molecular complexity index is 318. The van der Waals surface area contributed by atoms with E-state index in [1.54, 1.807) is 0 Å². The van der Waals surface area contributed by atoms with Crippen LogP contribution in [0.1, 0.15) is 58.1 Å². The van der Waals surface area contributed by atoms with Gasteiger partial charge in [0.1, 0.15) is 0 Å². The molecule has 0 aliphatic rings. The van der Waals surface area contributed by atoms with Crippen molar-refractivity contribution in [2.24, 2.45) is 0 Å². The first-order valence-corrected chi connectivity index (χ1v) is 7.48. The fourth-order valence-corrected chi connectivity index (χ4v) is 2.65. The summed E-state index contributed by atoms with van der Waals surface area (Å²) in [4.78, 5) is 0. The molecule has 0 heterocycles. The summed E-state index contributed by atoms with van der Waals surface area (Å²) in [6, 6.07) is 9.65. The second-order valence-electron chi connectivity index (χ2n) is 4.72. The van der Waals surface area contributed by atoms with E-state index in [9.17, 15) is 0 Å². The maximum atomic E-state index is 3.74. The summed E-state index contributed by atoms with van der Waals surface area (Å²) in [7, 11) is 0. The molecule has 1 atom stereocenters. The van der Waals surface area contributed by atoms with E-state index < -0.39 is 0 Å². The molecule has 0 amide bonds. The third-order valence-electron chi connectivity index (χ3n) is 3.11. The van der Waals surface area contributed by atoms with Gasteiger partial charge >= 0.3 is 0 Å². The summed E-state index contributed by atoms with van der Waals surface area (Å²) >= 11 is 3.53. The van der Waals surface area contributed by atoms with Crippen LogP contribution < -0.4 is 5.32 Å². The number of nitrogens with one attached hydrogen (secondary N) is 1. The van der Waals surface area contributed by atoms with Crippen LogP contribution in [0, 0.1) is 0 Å². The zero-order chi connectivity index (χ0) is 12.7. The molecule has 96 valence electrons. The van der Waals surface area contributed by atoms with Gasteiger partial charge in [-0.25, -0.2) is 0 Å². The molecule has 0 aromatic heterocycles. The number of hydrogen-bond donors (Lipinski definition) is 1. The van der Waals surface area contributed by atoms with Crippen LogP contribution in [0.25, 0.3) is 0 Å². The van der Waals surface area contributed by atoms with E-state index in [1.807, 2.05) is 0 Å². The van der Waals surface area contributed by atoms with E-state index in [1.165, 1.54) is 31.2 Å². The van der Waals surface area contributed by atoms with Crippen LogP contribution in [0.5, 0.6) is 0 Å². The van der Waals surface area contributed by atoms with Crippen LogP contribution >= 0.6 is 15.9 Å². The van der Waals surface area contributed by atoms with Crippen molar-refractivity contribution in [3.8, 4) is 0 Å². The maximum Gasteiger partial charge on any atom is 0.0294 e. The van der Waals surface area contributed by atoms with Gasteiger partial charge in [0.15, 0.2) is 0 Å². The lowest BCUT2D eigenvalue weighted by Gasteiger charge is -2.23. The average Bonchev–Trinajstić information content (AvgIpc) is 2.29. The minimum absolute atomic E-state index is 0.426. The molecule has 0 bridgehead atoms. The van der Waals surface area contributed by atoms with Crippen molar-refractivity contribution in [1.82, 2.24) is 5.32 Å². The SMILES string of the molecule is CCCC(CCC)NC(C)c1cccc(Br)c1. The summed E-state index contributed by atoms with van der Waals surface area (Å²) in [5.41, 5.74) is 1.36. The van der Waals surface area contributed by atoms with E-state index in [2.05, 4.69) is 66.3 Å². The van der Waals surface area contributed by atoms with Crippen LogP contribution in [0.2, 0.25) is 0 Å². The molecule has 1 aromatic rings. The van der Waals surface area contributed by atoms with E-state index in [0.717, 1.165) is 4.47 Å². The third-order valence-corrected chi connectivity index (χ3v) is 3.60. The Hall–Kier alpha value is -0.340. The van der Waals surface area contributed by atoms with Gasteiger partial charge in [0, 0.05) is 16.6 Å². The first-order chi connectivity index (χ1) is 8.17. The molecule has 17 heavy (non-hydrogen) atoms. The lowest BCUT2D eigenvalue weighted by molar-refractivity contribution is 0.402. The first-order valence-electron chi connectivity index (χ1n) is 6.68. The third kappa shape index (κ3) is 5.22. The molecule has 0 aliphatic heterocycles. The van der Waals surface area contributed by atoms with Gasteiger partial charge in [-0.15, -0.1) is 0 Å². The minimum atomic E-state index is 0.426. The second kappa shape index (κ2) is 7.88. The molecule has 1 nitrogen and oxygen atoms in total. The molecular formula is C15H24BrN. The van der Waals surface area contributed by atoms with Gasteiger partial charge in [0.25, 0.3) is 0 Å². The van der Waals surface area contributed by atoms with Crippen molar-refractivity contribution in [2.75, 3.05) is 0 Å². The smallest absolute Gasteiger partial charge is 0.0294 e. The standard InChI is InChI=1S/C15H24BrN/c1-4-7-15(8-5-2)17-12(3)13-9-6-10-14(16)11-13/h6,9-12,15,17H,4-5,7-8H2,1-3H3. The van der Waals surface area contributed by atoms with E-state index in [-0.39, 0.29) is 0 Å². The molecule has 0 radical (unpaired) electrons. The molecule has 0 saturated heterocycles. The number of benzene rings is 1. The maximum absolute atomic E-state index is 3.74. The van der Waals surface area contributed by atoms with Gasteiger partial charge in [-0.05, 0) is 37.5 Å². The monoisotopic (exact) mass is 297 g/mol. The highest BCUT2D eigenvalue weighted by Crippen LogP contribution is 2.19. The van der Waals surface area contributed by atoms with Gasteiger partial charge in [-0.2, -0.15) is 0 Å². The van der Waals surface area contributed by atoms with Gasteiger partial charge in [-0.1, -0.05) is 54.8 Å². The second-order valence-corrected chi connectivity index (χ2v) is 5.63. The van der Waals surface area contributed by atoms with Crippen molar-refractivity contribution in [1.29, 1.82) is 0 Å². The van der Waals surface area contributed by atoms with Gasteiger partial charge in [-0.3, -0.25) is 0 Å². The Morgan fingerprint density at radius 2 is 1.82 bits per heavy atom. The lowest BCUT2D eigenvalue weighted by Crippen LogP contribution is -2.31. The molecule has 1 unspecified atom stereocenters. The Morgan fingerprint density at radius 3 is 2.35 bits per heavy atom. The highest BCUT2D eigenvalue weighted by atomic mass is 79.9. The predicted octanol–water partition coefficient (Wildman–Crippen LogP) is 5.07. The molecule has 0 spiro atoms. The van der Waals surface area contributed by atoms with Gasteiger partial charge in [0.05, 0.1) is 0 Å². The van der Waals surface area contributed by atoms with Crippen LogP contribution in [-0.4, -0.2) is 6.04 Å². The Labute approximate surface area is 114 Å². The van der Waals surface area contributed by atoms with Crippen molar-refractivity contribution in [2.45, 2.75) is 58.5 Å². The minimum Gasteiger partial charge on any atom is -0.307 e. The Kier molecular flexibility index (Phi) is 6.83. The first kappa shape index (κ1) is 14.7. The summed E-state index contributed by atoms with van der Waals surface area (Å²) in [6.07, 6.45) is 5.05. The largest absolute Gasteiger partial charge is 0.307 e. The fourth-order valence-electron chi connectivity index (χ4n) is 2.23. The van der Waals surface area contributed by atoms with E-state index in [4.69, 9.17) is 0 Å². The number of hydrogen-bond acceptors (Lipinski definition) is 1. The van der Waals surface area contributed by atoms with E-state index in [0.29, 0.717) is 12.1 Å². The molecule has 0 fully saturated rings. The summed E-state index contributed by atoms with van der Waals surface area (Å²) in [6.45, 7) is 6.77. The van der Waals surface area contributed by atoms with E-state index >= 15 is 0 Å². The summed E-state index contributed by atoms with van der Waals surface area (Å²) in [5, 5.41) is 3.74. The molecule has 0 saturated carbocycles. The topological polar surface area (TPSA) is 12.0 Å². The van der Waals surface area contributed by atoms with Crippen molar-refractivity contribution in [3.05, 3.63) is 34.3 Å². The molecular weight excluding hydrogens is 274 g/mol. The van der Waals surface area contributed by atoms with Crippen LogP contribution in [0.15, 0.2) is 28.7 Å². The highest BCUT2D eigenvalue weighted by molar-refractivity contribution is 9.10. The van der Waals surface area contributed by atoms with Crippen molar-refractivity contribution < 1.29 is 0 Å². The van der Waals surface area contributed by atoms with Gasteiger partial charge < -0.3 is 5.32 Å².